The Kier molecular flexibility index (Phi) is 5.86. The number of nitrogens with zero attached hydrogens (tertiary/aromatic N) is 2. The zero-order valence-corrected chi connectivity index (χ0v) is 11.1. The van der Waals surface area contributed by atoms with E-state index in [4.69, 9.17) is 10.9 Å². The van der Waals surface area contributed by atoms with Crippen molar-refractivity contribution in [3.63, 3.8) is 0 Å². The van der Waals surface area contributed by atoms with Crippen molar-refractivity contribution in [2.24, 2.45) is 10.9 Å². The highest BCUT2D eigenvalue weighted by Gasteiger charge is 2.02. The second kappa shape index (κ2) is 7.19. The molecule has 0 aliphatic carbocycles. The number of thioether (sulfide) groups is 1. The quantitative estimate of drug-likeness (QED) is 0.350. The maximum absolute atomic E-state index is 8.55. The lowest BCUT2D eigenvalue weighted by Crippen LogP contribution is -2.20. The molecule has 3 N–H and O–H groups in total. The lowest BCUT2D eigenvalue weighted by molar-refractivity contribution is 0.318. The summed E-state index contributed by atoms with van der Waals surface area (Å²) in [6.07, 6.45) is 2.11. The van der Waals surface area contributed by atoms with E-state index >= 15 is 0 Å². The fraction of sp³-hybridized carbons (Fsp3) is 0.417. The Labute approximate surface area is 106 Å². The Bertz CT molecular complexity index is 365. The van der Waals surface area contributed by atoms with E-state index in [-0.39, 0.29) is 5.84 Å². The van der Waals surface area contributed by atoms with Crippen LogP contribution < -0.4 is 5.73 Å². The third-order valence-electron chi connectivity index (χ3n) is 2.49. The molecule has 0 spiro atoms. The van der Waals surface area contributed by atoms with Crippen molar-refractivity contribution in [3.05, 3.63) is 35.4 Å². The Morgan fingerprint density at radius 2 is 2.06 bits per heavy atom. The van der Waals surface area contributed by atoms with Crippen LogP contribution in [-0.2, 0) is 6.54 Å². The van der Waals surface area contributed by atoms with Crippen LogP contribution in [0, 0.1) is 0 Å². The van der Waals surface area contributed by atoms with Crippen molar-refractivity contribution in [2.45, 2.75) is 6.54 Å². The minimum atomic E-state index is 0.146. The molecule has 1 rings (SSSR count). The Balaban J connectivity index is 2.56. The molecule has 1 aromatic carbocycles. The number of oxime groups is 1. The Morgan fingerprint density at radius 3 is 2.59 bits per heavy atom. The van der Waals surface area contributed by atoms with Gasteiger partial charge in [0.2, 0.25) is 0 Å². The zero-order chi connectivity index (χ0) is 12.7. The molecule has 94 valence electrons. The Morgan fingerprint density at radius 1 is 1.41 bits per heavy atom. The van der Waals surface area contributed by atoms with E-state index in [1.807, 2.05) is 36.0 Å². The van der Waals surface area contributed by atoms with E-state index in [2.05, 4.69) is 23.4 Å². The summed E-state index contributed by atoms with van der Waals surface area (Å²) in [6, 6.07) is 7.74. The number of benzene rings is 1. The van der Waals surface area contributed by atoms with Crippen LogP contribution in [0.2, 0.25) is 0 Å². The van der Waals surface area contributed by atoms with Crippen LogP contribution in [0.3, 0.4) is 0 Å². The van der Waals surface area contributed by atoms with Crippen molar-refractivity contribution in [2.75, 3.05) is 25.6 Å². The molecule has 17 heavy (non-hydrogen) atoms. The van der Waals surface area contributed by atoms with Crippen LogP contribution in [-0.4, -0.2) is 41.5 Å². The topological polar surface area (TPSA) is 61.8 Å². The lowest BCUT2D eigenvalue weighted by atomic mass is 10.1. The lowest BCUT2D eigenvalue weighted by Gasteiger charge is -2.16. The van der Waals surface area contributed by atoms with Gasteiger partial charge in [-0.15, -0.1) is 0 Å². The van der Waals surface area contributed by atoms with Crippen molar-refractivity contribution in [1.29, 1.82) is 0 Å². The molecule has 0 radical (unpaired) electrons. The van der Waals surface area contributed by atoms with Gasteiger partial charge >= 0.3 is 0 Å². The van der Waals surface area contributed by atoms with Crippen LogP contribution in [0.1, 0.15) is 11.1 Å². The van der Waals surface area contributed by atoms with Gasteiger partial charge < -0.3 is 15.8 Å². The summed E-state index contributed by atoms with van der Waals surface area (Å²) < 4.78 is 0. The molecule has 0 saturated carbocycles. The molecule has 0 aromatic heterocycles. The Hall–Kier alpha value is -1.20. The van der Waals surface area contributed by atoms with Gasteiger partial charge in [0.05, 0.1) is 0 Å². The third kappa shape index (κ3) is 4.66. The first-order valence-electron chi connectivity index (χ1n) is 5.41. The second-order valence-electron chi connectivity index (χ2n) is 3.91. The van der Waals surface area contributed by atoms with Gasteiger partial charge in [-0.3, -0.25) is 0 Å². The van der Waals surface area contributed by atoms with Crippen molar-refractivity contribution < 1.29 is 5.21 Å². The van der Waals surface area contributed by atoms with E-state index in [0.717, 1.165) is 24.4 Å². The van der Waals surface area contributed by atoms with Crippen LogP contribution in [0.5, 0.6) is 0 Å². The fourth-order valence-corrected chi connectivity index (χ4v) is 1.97. The zero-order valence-electron chi connectivity index (χ0n) is 10.3. The van der Waals surface area contributed by atoms with Crippen LogP contribution in [0.4, 0.5) is 0 Å². The van der Waals surface area contributed by atoms with Gasteiger partial charge in [0.1, 0.15) is 0 Å². The van der Waals surface area contributed by atoms with Crippen LogP contribution in [0.15, 0.2) is 29.4 Å². The molecule has 0 aliphatic heterocycles. The molecule has 0 heterocycles. The predicted molar refractivity (Wildman–Crippen MR) is 73.7 cm³/mol. The van der Waals surface area contributed by atoms with Crippen molar-refractivity contribution in [1.82, 2.24) is 4.90 Å². The number of hydrogen-bond acceptors (Lipinski definition) is 4. The molecule has 1 aromatic rings. The molecular formula is C12H19N3OS. The monoisotopic (exact) mass is 253 g/mol. The summed E-state index contributed by atoms with van der Waals surface area (Å²) in [5.74, 6) is 1.28. The van der Waals surface area contributed by atoms with Gasteiger partial charge in [0, 0.05) is 24.4 Å². The second-order valence-corrected chi connectivity index (χ2v) is 4.90. The first kappa shape index (κ1) is 13.9. The van der Waals surface area contributed by atoms with Gasteiger partial charge in [-0.2, -0.15) is 11.8 Å². The highest BCUT2D eigenvalue weighted by Crippen LogP contribution is 2.07. The average Bonchev–Trinajstić information content (AvgIpc) is 2.36. The molecule has 0 fully saturated rings. The van der Waals surface area contributed by atoms with Gasteiger partial charge in [-0.25, -0.2) is 0 Å². The summed E-state index contributed by atoms with van der Waals surface area (Å²) in [7, 11) is 2.10. The molecular weight excluding hydrogens is 234 g/mol. The van der Waals surface area contributed by atoms with Crippen LogP contribution >= 0.6 is 11.8 Å². The summed E-state index contributed by atoms with van der Waals surface area (Å²) in [5.41, 5.74) is 7.46. The summed E-state index contributed by atoms with van der Waals surface area (Å²) in [4.78, 5) is 2.27. The first-order valence-corrected chi connectivity index (χ1v) is 6.81. The molecule has 0 atom stereocenters. The van der Waals surface area contributed by atoms with Crippen molar-refractivity contribution in [3.8, 4) is 0 Å². The smallest absolute Gasteiger partial charge is 0.170 e. The average molecular weight is 253 g/mol. The maximum Gasteiger partial charge on any atom is 0.170 e. The molecule has 0 amide bonds. The fourth-order valence-electron chi connectivity index (χ4n) is 1.48. The van der Waals surface area contributed by atoms with Crippen LogP contribution in [0.25, 0.3) is 0 Å². The highest BCUT2D eigenvalue weighted by molar-refractivity contribution is 7.98. The van der Waals surface area contributed by atoms with Gasteiger partial charge in [0.15, 0.2) is 5.84 Å². The minimum absolute atomic E-state index is 0.146. The van der Waals surface area contributed by atoms with E-state index in [9.17, 15) is 0 Å². The largest absolute Gasteiger partial charge is 0.409 e. The SMILES string of the molecule is CSCCN(C)Cc1ccc(/C(N)=N/O)cc1. The number of amidine groups is 1. The van der Waals surface area contributed by atoms with Gasteiger partial charge in [-0.05, 0) is 18.9 Å². The normalized spacial score (nSPS) is 12.1. The molecule has 4 nitrogen and oxygen atoms in total. The standard InChI is InChI=1S/C12H19N3OS/c1-15(7-8-17-2)9-10-3-5-11(6-4-10)12(13)14-16/h3-6,16H,7-9H2,1-2H3,(H2,13,14). The molecule has 0 bridgehead atoms. The molecule has 0 saturated heterocycles. The first-order chi connectivity index (χ1) is 8.17. The number of hydrogen-bond donors (Lipinski definition) is 2. The number of nitrogens with two attached hydrogens (primary N) is 1. The van der Waals surface area contributed by atoms with Crippen molar-refractivity contribution >= 4 is 17.6 Å². The van der Waals surface area contributed by atoms with Gasteiger partial charge in [0.25, 0.3) is 0 Å². The van der Waals surface area contributed by atoms with E-state index in [1.54, 1.807) is 0 Å². The maximum atomic E-state index is 8.55. The summed E-state index contributed by atoms with van der Waals surface area (Å²) in [6.45, 7) is 1.99. The predicted octanol–water partition coefficient (Wildman–Crippen LogP) is 1.58. The number of rotatable bonds is 6. The molecule has 0 aliphatic rings. The molecule has 5 heteroatoms. The van der Waals surface area contributed by atoms with Gasteiger partial charge in [-0.1, -0.05) is 29.4 Å². The third-order valence-corrected chi connectivity index (χ3v) is 3.08. The summed E-state index contributed by atoms with van der Waals surface area (Å²) >= 11 is 1.85. The van der Waals surface area contributed by atoms with E-state index < -0.39 is 0 Å². The summed E-state index contributed by atoms with van der Waals surface area (Å²) in [5, 5.41) is 11.5. The van der Waals surface area contributed by atoms with E-state index in [0.29, 0.717) is 0 Å². The highest BCUT2D eigenvalue weighted by atomic mass is 32.2. The molecule has 0 unspecified atom stereocenters. The van der Waals surface area contributed by atoms with E-state index in [1.165, 1.54) is 5.56 Å². The minimum Gasteiger partial charge on any atom is -0.409 e.